The van der Waals surface area contributed by atoms with Gasteiger partial charge < -0.3 is 4.90 Å². The van der Waals surface area contributed by atoms with Crippen molar-refractivity contribution in [3.05, 3.63) is 12.2 Å². The van der Waals surface area contributed by atoms with Crippen molar-refractivity contribution in [1.82, 2.24) is 4.90 Å². The molecule has 158 valence electrons. The summed E-state index contributed by atoms with van der Waals surface area (Å²) >= 11 is 0. The van der Waals surface area contributed by atoms with Crippen molar-refractivity contribution >= 4 is 5.91 Å². The lowest BCUT2D eigenvalue weighted by Gasteiger charge is -2.23. The van der Waals surface area contributed by atoms with Crippen LogP contribution in [0.15, 0.2) is 12.2 Å². The van der Waals surface area contributed by atoms with Crippen LogP contribution in [-0.4, -0.2) is 23.9 Å². The molecule has 0 radical (unpaired) electrons. The van der Waals surface area contributed by atoms with E-state index in [9.17, 15) is 4.79 Å². The molecule has 0 bridgehead atoms. The zero-order valence-electron chi connectivity index (χ0n) is 18.4. The van der Waals surface area contributed by atoms with Crippen LogP contribution >= 0.6 is 0 Å². The molecule has 1 fully saturated rings. The summed E-state index contributed by atoms with van der Waals surface area (Å²) < 4.78 is 0. The molecule has 0 aromatic carbocycles. The Kier molecular flexibility index (Phi) is 16.7. The fourth-order valence-corrected chi connectivity index (χ4v) is 4.04. The lowest BCUT2D eigenvalue weighted by Crippen LogP contribution is -2.32. The lowest BCUT2D eigenvalue weighted by atomic mass is 10.0. The molecule has 0 aromatic heterocycles. The number of carbonyl (C=O) groups is 1. The molecule has 2 heteroatoms. The van der Waals surface area contributed by atoms with Gasteiger partial charge in [-0.3, -0.25) is 4.79 Å². The summed E-state index contributed by atoms with van der Waals surface area (Å²) in [5.74, 6) is 0.242. The summed E-state index contributed by atoms with van der Waals surface area (Å²) in [4.78, 5) is 14.3. The maximum Gasteiger partial charge on any atom is 0.246 e. The number of carbonyl (C=O) groups excluding carboxylic acids is 1. The predicted molar refractivity (Wildman–Crippen MR) is 119 cm³/mol. The highest BCUT2D eigenvalue weighted by Crippen LogP contribution is 2.13. The second kappa shape index (κ2) is 18.6. The molecule has 0 spiro atoms. The van der Waals surface area contributed by atoms with Crippen molar-refractivity contribution in [2.45, 2.75) is 129 Å². The molecule has 0 N–H and O–H groups in total. The molecule has 27 heavy (non-hydrogen) atoms. The molecule has 0 atom stereocenters. The largest absolute Gasteiger partial charge is 0.339 e. The second-order valence-electron chi connectivity index (χ2n) is 8.53. The van der Waals surface area contributed by atoms with Crippen LogP contribution in [0.4, 0.5) is 0 Å². The van der Waals surface area contributed by atoms with E-state index >= 15 is 0 Å². The quantitative estimate of drug-likeness (QED) is 0.210. The number of amides is 1. The summed E-state index contributed by atoms with van der Waals surface area (Å²) in [6.07, 6.45) is 29.4. The first-order valence-corrected chi connectivity index (χ1v) is 12.3. The Hall–Kier alpha value is -0.790. The standard InChI is InChI=1S/C25H47NO/c1-2-3-4-5-6-7-8-9-10-11-12-13-14-16-19-22-25(27)26-23-20-17-15-18-21-24-26/h19,22H,2-18,20-21,23-24H2,1H3/b22-19+. The predicted octanol–water partition coefficient (Wildman–Crippen LogP) is 7.82. The van der Waals surface area contributed by atoms with Crippen LogP contribution in [0.25, 0.3) is 0 Å². The summed E-state index contributed by atoms with van der Waals surface area (Å²) in [6.45, 7) is 4.21. The van der Waals surface area contributed by atoms with Gasteiger partial charge in [-0.25, -0.2) is 0 Å². The van der Waals surface area contributed by atoms with Gasteiger partial charge in [0.2, 0.25) is 5.91 Å². The molecular weight excluding hydrogens is 330 g/mol. The van der Waals surface area contributed by atoms with Crippen LogP contribution in [-0.2, 0) is 4.79 Å². The number of likely N-dealkylation sites (tertiary alicyclic amines) is 1. The van der Waals surface area contributed by atoms with Crippen LogP contribution in [0.5, 0.6) is 0 Å². The van der Waals surface area contributed by atoms with E-state index in [2.05, 4.69) is 17.9 Å². The average molecular weight is 378 g/mol. The average Bonchev–Trinajstić information content (AvgIpc) is 2.64. The first-order chi connectivity index (χ1) is 13.3. The van der Waals surface area contributed by atoms with E-state index in [-0.39, 0.29) is 5.91 Å². The highest BCUT2D eigenvalue weighted by molar-refractivity contribution is 5.87. The molecule has 1 rings (SSSR count). The maximum atomic E-state index is 12.2. The first-order valence-electron chi connectivity index (χ1n) is 12.3. The van der Waals surface area contributed by atoms with Gasteiger partial charge >= 0.3 is 0 Å². The van der Waals surface area contributed by atoms with E-state index in [1.54, 1.807) is 0 Å². The number of unbranched alkanes of at least 4 members (excludes halogenated alkanes) is 13. The van der Waals surface area contributed by atoms with Crippen molar-refractivity contribution in [3.8, 4) is 0 Å². The van der Waals surface area contributed by atoms with E-state index in [1.807, 2.05) is 6.08 Å². The highest BCUT2D eigenvalue weighted by Gasteiger charge is 2.11. The number of nitrogens with zero attached hydrogens (tertiary/aromatic N) is 1. The SMILES string of the molecule is CCCCCCCCCCCCCCC/C=C/C(=O)N1CCCCCCC1. The summed E-state index contributed by atoms with van der Waals surface area (Å²) in [7, 11) is 0. The minimum absolute atomic E-state index is 0.242. The number of hydrogen-bond donors (Lipinski definition) is 0. The van der Waals surface area contributed by atoms with Crippen LogP contribution in [0.3, 0.4) is 0 Å². The van der Waals surface area contributed by atoms with Gasteiger partial charge in [0.15, 0.2) is 0 Å². The zero-order valence-corrected chi connectivity index (χ0v) is 18.4. The Morgan fingerprint density at radius 3 is 1.63 bits per heavy atom. The minimum Gasteiger partial charge on any atom is -0.339 e. The van der Waals surface area contributed by atoms with Gasteiger partial charge in [-0.1, -0.05) is 109 Å². The number of rotatable bonds is 15. The van der Waals surface area contributed by atoms with Crippen LogP contribution in [0, 0.1) is 0 Å². The summed E-state index contributed by atoms with van der Waals surface area (Å²) in [6, 6.07) is 0. The van der Waals surface area contributed by atoms with E-state index in [0.717, 1.165) is 19.5 Å². The molecule has 1 heterocycles. The third-order valence-corrected chi connectivity index (χ3v) is 5.90. The molecule has 1 amide bonds. The van der Waals surface area contributed by atoms with Crippen molar-refractivity contribution in [2.24, 2.45) is 0 Å². The van der Waals surface area contributed by atoms with Crippen LogP contribution < -0.4 is 0 Å². The van der Waals surface area contributed by atoms with Gasteiger partial charge in [-0.15, -0.1) is 0 Å². The second-order valence-corrected chi connectivity index (χ2v) is 8.53. The fourth-order valence-electron chi connectivity index (χ4n) is 4.04. The molecule has 1 aliphatic heterocycles. The zero-order chi connectivity index (χ0) is 19.4. The minimum atomic E-state index is 0.242. The van der Waals surface area contributed by atoms with Gasteiger partial charge in [0.1, 0.15) is 0 Å². The van der Waals surface area contributed by atoms with Gasteiger partial charge in [-0.2, -0.15) is 0 Å². The first kappa shape index (κ1) is 24.2. The van der Waals surface area contributed by atoms with Crippen LogP contribution in [0.2, 0.25) is 0 Å². The summed E-state index contributed by atoms with van der Waals surface area (Å²) in [5.41, 5.74) is 0. The van der Waals surface area contributed by atoms with E-state index in [4.69, 9.17) is 0 Å². The van der Waals surface area contributed by atoms with Crippen molar-refractivity contribution < 1.29 is 4.79 Å². The van der Waals surface area contributed by atoms with Crippen molar-refractivity contribution in [1.29, 1.82) is 0 Å². The number of hydrogen-bond acceptors (Lipinski definition) is 1. The Bertz CT molecular complexity index is 355. The van der Waals surface area contributed by atoms with Gasteiger partial charge in [-0.05, 0) is 31.8 Å². The van der Waals surface area contributed by atoms with E-state index in [1.165, 1.54) is 116 Å². The Balaban J connectivity index is 1.86. The third-order valence-electron chi connectivity index (χ3n) is 5.90. The monoisotopic (exact) mass is 377 g/mol. The van der Waals surface area contributed by atoms with Crippen LogP contribution in [0.1, 0.15) is 129 Å². The fraction of sp³-hybridized carbons (Fsp3) is 0.880. The summed E-state index contributed by atoms with van der Waals surface area (Å²) in [5, 5.41) is 0. The Morgan fingerprint density at radius 2 is 1.11 bits per heavy atom. The smallest absolute Gasteiger partial charge is 0.246 e. The Morgan fingerprint density at radius 1 is 0.667 bits per heavy atom. The van der Waals surface area contributed by atoms with Gasteiger partial charge in [0.25, 0.3) is 0 Å². The number of allylic oxidation sites excluding steroid dienone is 1. The molecule has 0 saturated carbocycles. The molecule has 2 nitrogen and oxygen atoms in total. The van der Waals surface area contributed by atoms with Crippen molar-refractivity contribution in [3.63, 3.8) is 0 Å². The van der Waals surface area contributed by atoms with E-state index < -0.39 is 0 Å². The molecular formula is C25H47NO. The van der Waals surface area contributed by atoms with E-state index in [0.29, 0.717) is 0 Å². The lowest BCUT2D eigenvalue weighted by molar-refractivity contribution is -0.126. The molecule has 1 aliphatic rings. The Labute approximate surface area is 170 Å². The molecule has 0 aliphatic carbocycles. The third kappa shape index (κ3) is 14.9. The molecule has 0 unspecified atom stereocenters. The normalized spacial score (nSPS) is 15.8. The van der Waals surface area contributed by atoms with Gasteiger partial charge in [0, 0.05) is 13.1 Å². The highest BCUT2D eigenvalue weighted by atomic mass is 16.2. The molecule has 1 saturated heterocycles. The maximum absolute atomic E-state index is 12.2. The topological polar surface area (TPSA) is 20.3 Å². The van der Waals surface area contributed by atoms with Gasteiger partial charge in [0.05, 0.1) is 0 Å². The molecule has 0 aromatic rings. The van der Waals surface area contributed by atoms with Crippen molar-refractivity contribution in [2.75, 3.05) is 13.1 Å².